The molecule has 1 aliphatic heterocycles. The predicted molar refractivity (Wildman–Crippen MR) is 173 cm³/mol. The number of rotatable bonds is 13. The molecule has 6 N–H and O–H groups in total. The number of hydrogen-bond acceptors (Lipinski definition) is 8. The number of carbonyl (C=O) groups excluding carboxylic acids is 4. The van der Waals surface area contributed by atoms with Gasteiger partial charge in [0, 0.05) is 19.4 Å². The van der Waals surface area contributed by atoms with Gasteiger partial charge in [0.15, 0.2) is 0 Å². The molecule has 1 saturated heterocycles. The number of hydrogen-bond donors (Lipinski definition) is 6. The third-order valence-electron chi connectivity index (χ3n) is 7.29. The summed E-state index contributed by atoms with van der Waals surface area (Å²) in [6.07, 6.45) is 0.369. The minimum absolute atomic E-state index is 0.0502. The van der Waals surface area contributed by atoms with Gasteiger partial charge in [0.25, 0.3) is 0 Å². The Morgan fingerprint density at radius 2 is 1.30 bits per heavy atom. The molecule has 3 aromatic rings. The number of carboxylic acid groups (broad SMARTS) is 1. The van der Waals surface area contributed by atoms with Gasteiger partial charge < -0.3 is 40.7 Å². The van der Waals surface area contributed by atoms with Crippen molar-refractivity contribution < 1.29 is 43.9 Å². The van der Waals surface area contributed by atoms with Crippen LogP contribution in [0, 0.1) is 0 Å². The minimum Gasteiger partial charge on any atom is -0.480 e. The van der Waals surface area contributed by atoms with E-state index in [1.807, 2.05) is 42.5 Å². The maximum absolute atomic E-state index is 13.5. The number of carbonyl (C=O) groups is 5. The van der Waals surface area contributed by atoms with E-state index in [0.717, 1.165) is 16.7 Å². The fourth-order valence-electron chi connectivity index (χ4n) is 5.01. The molecule has 0 aliphatic carbocycles. The quantitative estimate of drug-likeness (QED) is 0.145. The first-order valence-electron chi connectivity index (χ1n) is 15.1. The normalized spacial score (nSPS) is 14.8. The van der Waals surface area contributed by atoms with Gasteiger partial charge in [-0.2, -0.15) is 0 Å². The summed E-state index contributed by atoms with van der Waals surface area (Å²) in [7, 11) is -0.750. The Morgan fingerprint density at radius 1 is 0.787 bits per heavy atom. The van der Waals surface area contributed by atoms with Crippen molar-refractivity contribution in [2.24, 2.45) is 0 Å². The third kappa shape index (κ3) is 12.3. The van der Waals surface area contributed by atoms with Crippen molar-refractivity contribution in [3.05, 3.63) is 108 Å². The van der Waals surface area contributed by atoms with Crippen molar-refractivity contribution >= 4 is 37.5 Å². The van der Waals surface area contributed by atoms with Crippen LogP contribution in [0.1, 0.15) is 29.5 Å². The molecule has 3 aromatic carbocycles. The molecule has 13 nitrogen and oxygen atoms in total. The second-order valence-corrected chi connectivity index (χ2v) is 10.6. The summed E-state index contributed by atoms with van der Waals surface area (Å²) in [5, 5.41) is 31.8. The Balaban J connectivity index is 0.00000192. The highest BCUT2D eigenvalue weighted by molar-refractivity contribution is 6.13. The first-order valence-corrected chi connectivity index (χ1v) is 15.1. The van der Waals surface area contributed by atoms with E-state index in [-0.39, 0.29) is 26.0 Å². The Bertz CT molecular complexity index is 1450. The summed E-state index contributed by atoms with van der Waals surface area (Å²) in [6.45, 7) is 0.00501. The van der Waals surface area contributed by atoms with E-state index < -0.39 is 55.6 Å². The second-order valence-electron chi connectivity index (χ2n) is 10.6. The van der Waals surface area contributed by atoms with E-state index in [9.17, 15) is 29.1 Å². The summed E-state index contributed by atoms with van der Waals surface area (Å²) in [5.74, 6) is -2.84. The summed E-state index contributed by atoms with van der Waals surface area (Å²) in [4.78, 5) is 65.4. The van der Waals surface area contributed by atoms with Crippen molar-refractivity contribution in [2.45, 2.75) is 50.4 Å². The molecule has 0 saturated carbocycles. The van der Waals surface area contributed by atoms with Crippen molar-refractivity contribution in [1.29, 1.82) is 0 Å². The lowest BCUT2D eigenvalue weighted by Crippen LogP contribution is -2.56. The number of ether oxygens (including phenoxy) is 1. The average Bonchev–Trinajstić information content (AvgIpc) is 3.58. The lowest BCUT2D eigenvalue weighted by Gasteiger charge is -2.27. The Labute approximate surface area is 273 Å². The summed E-state index contributed by atoms with van der Waals surface area (Å²) in [6, 6.07) is 23.9. The molecule has 3 atom stereocenters. The van der Waals surface area contributed by atoms with Crippen LogP contribution in [0.2, 0.25) is 0 Å². The van der Waals surface area contributed by atoms with Gasteiger partial charge in [0.05, 0.1) is 0 Å². The number of benzene rings is 3. The van der Waals surface area contributed by atoms with Gasteiger partial charge >= 0.3 is 19.7 Å². The highest BCUT2D eigenvalue weighted by atomic mass is 16.5. The average molecular weight is 647 g/mol. The van der Waals surface area contributed by atoms with E-state index >= 15 is 0 Å². The van der Waals surface area contributed by atoms with Crippen molar-refractivity contribution in [3.8, 4) is 0 Å². The summed E-state index contributed by atoms with van der Waals surface area (Å²) < 4.78 is 5.15. The molecule has 1 heterocycles. The largest absolute Gasteiger partial charge is 0.480 e. The van der Waals surface area contributed by atoms with Crippen LogP contribution in [0.3, 0.4) is 0 Å². The van der Waals surface area contributed by atoms with Crippen LogP contribution in [0.5, 0.6) is 0 Å². The van der Waals surface area contributed by atoms with Gasteiger partial charge in [0.2, 0.25) is 17.7 Å². The highest BCUT2D eigenvalue weighted by Crippen LogP contribution is 2.18. The molecule has 47 heavy (non-hydrogen) atoms. The fraction of sp³-hybridized carbons (Fsp3) is 0.303. The number of likely N-dealkylation sites (tertiary alicyclic amines) is 1. The standard InChI is InChI=1S/C33H36N4O7.BH3O2/c38-29(21-34-33(43)44-22-25-15-8-3-9-16-25)37-18-10-17-28(37)31(40)35-26(19-23-11-4-1-5-12-23)30(39)36-27(32(41)42)20-24-13-6-2-7-14-24;2-1-3/h1-9,11-16,26-28H,10,17-22H2,(H,34,43)(H,35,40)(H,36,39)(H,41,42);1-3H. The molecule has 1 aliphatic rings. The molecular formula is C33H39BN4O9. The molecule has 4 rings (SSSR count). The van der Waals surface area contributed by atoms with Crippen molar-refractivity contribution in [2.75, 3.05) is 13.1 Å². The zero-order valence-electron chi connectivity index (χ0n) is 25.8. The zero-order valence-corrected chi connectivity index (χ0v) is 25.8. The molecular weight excluding hydrogens is 607 g/mol. The Kier molecular flexibility index (Phi) is 14.9. The van der Waals surface area contributed by atoms with Gasteiger partial charge in [-0.3, -0.25) is 14.4 Å². The lowest BCUT2D eigenvalue weighted by molar-refractivity contribution is -0.142. The lowest BCUT2D eigenvalue weighted by atomic mass is 10.0. The van der Waals surface area contributed by atoms with E-state index in [1.54, 1.807) is 48.5 Å². The van der Waals surface area contributed by atoms with E-state index in [4.69, 9.17) is 14.8 Å². The van der Waals surface area contributed by atoms with Crippen LogP contribution in [0.15, 0.2) is 91.0 Å². The number of aliphatic carboxylic acids is 1. The van der Waals surface area contributed by atoms with Crippen LogP contribution in [0.25, 0.3) is 0 Å². The van der Waals surface area contributed by atoms with Crippen LogP contribution in [-0.4, -0.2) is 88.7 Å². The van der Waals surface area contributed by atoms with Crippen LogP contribution in [0.4, 0.5) is 4.79 Å². The zero-order chi connectivity index (χ0) is 34.0. The Morgan fingerprint density at radius 3 is 1.83 bits per heavy atom. The number of nitrogens with zero attached hydrogens (tertiary/aromatic N) is 1. The van der Waals surface area contributed by atoms with Gasteiger partial charge in [-0.25, -0.2) is 9.59 Å². The highest BCUT2D eigenvalue weighted by Gasteiger charge is 2.36. The van der Waals surface area contributed by atoms with Gasteiger partial charge in [0.1, 0.15) is 31.3 Å². The van der Waals surface area contributed by atoms with Gasteiger partial charge in [-0.15, -0.1) is 0 Å². The number of carboxylic acids is 1. The second kappa shape index (κ2) is 19.3. The number of nitrogens with one attached hydrogen (secondary N) is 3. The monoisotopic (exact) mass is 646 g/mol. The molecule has 4 amide bonds. The van der Waals surface area contributed by atoms with E-state index in [1.165, 1.54) is 4.90 Å². The summed E-state index contributed by atoms with van der Waals surface area (Å²) in [5.41, 5.74) is 2.30. The van der Waals surface area contributed by atoms with Gasteiger partial charge in [-0.1, -0.05) is 91.0 Å². The topological polar surface area (TPSA) is 195 Å². The van der Waals surface area contributed by atoms with Crippen LogP contribution < -0.4 is 16.0 Å². The van der Waals surface area contributed by atoms with Gasteiger partial charge in [-0.05, 0) is 29.5 Å². The Hall–Kier alpha value is -5.21. The minimum atomic E-state index is -1.21. The molecule has 0 radical (unpaired) electrons. The van der Waals surface area contributed by atoms with Crippen LogP contribution in [-0.2, 0) is 43.4 Å². The third-order valence-corrected chi connectivity index (χ3v) is 7.29. The smallest absolute Gasteiger partial charge is 0.432 e. The molecule has 3 unspecified atom stereocenters. The first kappa shape index (κ1) is 36.3. The maximum Gasteiger partial charge on any atom is 0.432 e. The number of alkyl carbamates (subject to hydrolysis) is 1. The van der Waals surface area contributed by atoms with Crippen molar-refractivity contribution in [1.82, 2.24) is 20.9 Å². The SMILES string of the molecule is O=C(NCC(=O)N1CCCC1C(=O)NC(Cc1ccccc1)C(=O)NC(Cc1ccccc1)C(=O)O)OCc1ccccc1.OBO. The maximum atomic E-state index is 13.5. The molecule has 0 aromatic heterocycles. The molecule has 1 fully saturated rings. The van der Waals surface area contributed by atoms with E-state index in [2.05, 4.69) is 16.0 Å². The van der Waals surface area contributed by atoms with E-state index in [0.29, 0.717) is 19.4 Å². The molecule has 0 spiro atoms. The summed E-state index contributed by atoms with van der Waals surface area (Å²) >= 11 is 0. The first-order chi connectivity index (χ1) is 22.7. The molecule has 248 valence electrons. The molecule has 14 heteroatoms. The van der Waals surface area contributed by atoms with Crippen molar-refractivity contribution in [3.63, 3.8) is 0 Å². The number of amides is 4. The predicted octanol–water partition coefficient (Wildman–Crippen LogP) is 0.681. The van der Waals surface area contributed by atoms with Crippen LogP contribution >= 0.6 is 0 Å². The fourth-order valence-corrected chi connectivity index (χ4v) is 5.01. The molecule has 0 bridgehead atoms.